The lowest BCUT2D eigenvalue weighted by Crippen LogP contribution is -2.29. The maximum atomic E-state index is 11.6. The van der Waals surface area contributed by atoms with E-state index in [4.69, 9.17) is 4.74 Å². The number of ether oxygens (including phenoxy) is 1. The highest BCUT2D eigenvalue weighted by atomic mass is 16.5. The van der Waals surface area contributed by atoms with Crippen LogP contribution in [0.1, 0.15) is 12.8 Å². The topological polar surface area (TPSA) is 54.5 Å². The SMILES string of the molecule is COc1cccc2c(N3CC[C@]4(CNC(=O)C4)C3)nccc12. The van der Waals surface area contributed by atoms with Crippen LogP contribution in [0.25, 0.3) is 10.8 Å². The Labute approximate surface area is 129 Å². The van der Waals surface area contributed by atoms with Crippen LogP contribution in [0.3, 0.4) is 0 Å². The first-order valence-corrected chi connectivity index (χ1v) is 7.64. The molecule has 0 radical (unpaired) electrons. The van der Waals surface area contributed by atoms with Gasteiger partial charge in [-0.05, 0) is 18.6 Å². The number of nitrogens with zero attached hydrogens (tertiary/aromatic N) is 2. The highest BCUT2D eigenvalue weighted by Gasteiger charge is 2.44. The largest absolute Gasteiger partial charge is 0.496 e. The highest BCUT2D eigenvalue weighted by molar-refractivity contribution is 5.96. The number of benzene rings is 1. The second-order valence-electron chi connectivity index (χ2n) is 6.32. The smallest absolute Gasteiger partial charge is 0.220 e. The van der Waals surface area contributed by atoms with E-state index in [-0.39, 0.29) is 11.3 Å². The van der Waals surface area contributed by atoms with Crippen molar-refractivity contribution in [2.24, 2.45) is 5.41 Å². The van der Waals surface area contributed by atoms with Crippen LogP contribution in [-0.4, -0.2) is 37.6 Å². The van der Waals surface area contributed by atoms with Crippen LogP contribution >= 0.6 is 0 Å². The summed E-state index contributed by atoms with van der Waals surface area (Å²) in [5.74, 6) is 2.04. The molecule has 2 aromatic rings. The van der Waals surface area contributed by atoms with Crippen molar-refractivity contribution in [3.05, 3.63) is 30.5 Å². The fraction of sp³-hybridized carbons (Fsp3) is 0.412. The van der Waals surface area contributed by atoms with Gasteiger partial charge in [-0.25, -0.2) is 4.98 Å². The van der Waals surface area contributed by atoms with Crippen molar-refractivity contribution in [1.29, 1.82) is 0 Å². The molecule has 0 bridgehead atoms. The van der Waals surface area contributed by atoms with Gasteiger partial charge in [0.05, 0.1) is 7.11 Å². The zero-order valence-corrected chi connectivity index (χ0v) is 12.6. The average molecular weight is 297 g/mol. The molecule has 114 valence electrons. The molecule has 1 N–H and O–H groups in total. The number of carbonyl (C=O) groups is 1. The number of pyridine rings is 1. The molecular formula is C17H19N3O2. The number of methoxy groups -OCH3 is 1. The summed E-state index contributed by atoms with van der Waals surface area (Å²) >= 11 is 0. The van der Waals surface area contributed by atoms with E-state index in [0.29, 0.717) is 6.42 Å². The number of anilines is 1. The van der Waals surface area contributed by atoms with Crippen molar-refractivity contribution in [3.8, 4) is 5.75 Å². The maximum Gasteiger partial charge on any atom is 0.220 e. The lowest BCUT2D eigenvalue weighted by Gasteiger charge is -2.23. The van der Waals surface area contributed by atoms with Gasteiger partial charge in [-0.2, -0.15) is 0 Å². The Hall–Kier alpha value is -2.30. The Morgan fingerprint density at radius 2 is 2.23 bits per heavy atom. The third kappa shape index (κ3) is 2.00. The third-order valence-corrected chi connectivity index (χ3v) is 4.90. The molecule has 3 heterocycles. The second kappa shape index (κ2) is 4.87. The Morgan fingerprint density at radius 3 is 3.00 bits per heavy atom. The van der Waals surface area contributed by atoms with Crippen LogP contribution < -0.4 is 15.0 Å². The molecule has 5 nitrogen and oxygen atoms in total. The molecule has 22 heavy (non-hydrogen) atoms. The first-order valence-electron chi connectivity index (χ1n) is 7.64. The number of fused-ring (bicyclic) bond motifs is 1. The molecule has 0 unspecified atom stereocenters. The van der Waals surface area contributed by atoms with Gasteiger partial charge in [0.2, 0.25) is 5.91 Å². The van der Waals surface area contributed by atoms with Crippen LogP contribution in [0, 0.1) is 5.41 Å². The van der Waals surface area contributed by atoms with Gasteiger partial charge in [0.15, 0.2) is 0 Å². The van der Waals surface area contributed by atoms with E-state index >= 15 is 0 Å². The minimum Gasteiger partial charge on any atom is -0.496 e. The minimum absolute atomic E-state index is 0.0831. The zero-order valence-electron chi connectivity index (χ0n) is 12.6. The Bertz CT molecular complexity index is 746. The molecule has 0 saturated carbocycles. The molecule has 1 amide bonds. The standard InChI is InChI=1S/C17H19N3O2/c1-22-14-4-2-3-13-12(14)5-7-18-16(13)20-8-6-17(11-20)9-15(21)19-10-17/h2-5,7H,6,8-11H2,1H3,(H,19,21)/t17-/m0/s1. The summed E-state index contributed by atoms with van der Waals surface area (Å²) in [5.41, 5.74) is 0.0831. The fourth-order valence-electron chi connectivity index (χ4n) is 3.75. The third-order valence-electron chi connectivity index (χ3n) is 4.90. The van der Waals surface area contributed by atoms with E-state index in [0.717, 1.165) is 48.4 Å². The molecule has 5 heteroatoms. The van der Waals surface area contributed by atoms with Crippen molar-refractivity contribution in [2.45, 2.75) is 12.8 Å². The van der Waals surface area contributed by atoms with Gasteiger partial charge in [-0.1, -0.05) is 12.1 Å². The van der Waals surface area contributed by atoms with Crippen molar-refractivity contribution in [1.82, 2.24) is 10.3 Å². The predicted octanol–water partition coefficient (Wildman–Crippen LogP) is 1.96. The maximum absolute atomic E-state index is 11.6. The van der Waals surface area contributed by atoms with E-state index in [2.05, 4.69) is 21.3 Å². The first kappa shape index (κ1) is 13.4. The second-order valence-corrected chi connectivity index (χ2v) is 6.32. The molecule has 1 spiro atoms. The van der Waals surface area contributed by atoms with E-state index < -0.39 is 0 Å². The quantitative estimate of drug-likeness (QED) is 0.920. The van der Waals surface area contributed by atoms with Crippen LogP contribution in [-0.2, 0) is 4.79 Å². The van der Waals surface area contributed by atoms with Gasteiger partial charge in [0, 0.05) is 48.4 Å². The minimum atomic E-state index is 0.0831. The van der Waals surface area contributed by atoms with E-state index in [1.807, 2.05) is 24.4 Å². The van der Waals surface area contributed by atoms with Crippen LogP contribution in [0.2, 0.25) is 0 Å². The number of carbonyl (C=O) groups excluding carboxylic acids is 1. The fourth-order valence-corrected chi connectivity index (χ4v) is 3.75. The Kier molecular flexibility index (Phi) is 2.96. The molecule has 2 aliphatic rings. The molecule has 1 atom stereocenters. The van der Waals surface area contributed by atoms with E-state index in [1.165, 1.54) is 0 Å². The van der Waals surface area contributed by atoms with Crippen LogP contribution in [0.15, 0.2) is 30.5 Å². The van der Waals surface area contributed by atoms with Crippen LogP contribution in [0.5, 0.6) is 5.75 Å². The van der Waals surface area contributed by atoms with Gasteiger partial charge < -0.3 is 15.0 Å². The summed E-state index contributed by atoms with van der Waals surface area (Å²) in [6.45, 7) is 2.61. The molecule has 2 saturated heterocycles. The predicted molar refractivity (Wildman–Crippen MR) is 85.2 cm³/mol. The van der Waals surface area contributed by atoms with Gasteiger partial charge in [-0.15, -0.1) is 0 Å². The monoisotopic (exact) mass is 297 g/mol. The Morgan fingerprint density at radius 1 is 1.32 bits per heavy atom. The normalized spacial score (nSPS) is 24.2. The van der Waals surface area contributed by atoms with Gasteiger partial charge in [0.1, 0.15) is 11.6 Å². The lowest BCUT2D eigenvalue weighted by molar-refractivity contribution is -0.119. The summed E-state index contributed by atoms with van der Waals surface area (Å²) in [6, 6.07) is 8.05. The van der Waals surface area contributed by atoms with Crippen molar-refractivity contribution in [3.63, 3.8) is 0 Å². The summed E-state index contributed by atoms with van der Waals surface area (Å²) in [5, 5.41) is 5.16. The lowest BCUT2D eigenvalue weighted by atomic mass is 9.86. The summed E-state index contributed by atoms with van der Waals surface area (Å²) in [4.78, 5) is 18.5. The number of aromatic nitrogens is 1. The summed E-state index contributed by atoms with van der Waals surface area (Å²) < 4.78 is 5.45. The number of hydrogen-bond donors (Lipinski definition) is 1. The van der Waals surface area contributed by atoms with Crippen molar-refractivity contribution >= 4 is 22.5 Å². The molecule has 2 aliphatic heterocycles. The molecule has 4 rings (SSSR count). The molecule has 0 aliphatic carbocycles. The summed E-state index contributed by atoms with van der Waals surface area (Å²) in [7, 11) is 1.69. The van der Waals surface area contributed by atoms with Gasteiger partial charge in [-0.3, -0.25) is 4.79 Å². The molecule has 2 fully saturated rings. The number of nitrogens with one attached hydrogen (secondary N) is 1. The zero-order chi connectivity index (χ0) is 15.2. The molecule has 1 aromatic carbocycles. The number of rotatable bonds is 2. The van der Waals surface area contributed by atoms with Gasteiger partial charge in [0.25, 0.3) is 0 Å². The Balaban J connectivity index is 1.72. The molecule has 1 aromatic heterocycles. The van der Waals surface area contributed by atoms with Crippen molar-refractivity contribution in [2.75, 3.05) is 31.6 Å². The summed E-state index contributed by atoms with van der Waals surface area (Å²) in [6.07, 6.45) is 3.51. The van der Waals surface area contributed by atoms with E-state index in [1.54, 1.807) is 7.11 Å². The van der Waals surface area contributed by atoms with Gasteiger partial charge >= 0.3 is 0 Å². The first-order chi connectivity index (χ1) is 10.7. The van der Waals surface area contributed by atoms with Crippen molar-refractivity contribution < 1.29 is 9.53 Å². The number of amides is 1. The van der Waals surface area contributed by atoms with E-state index in [9.17, 15) is 4.79 Å². The van der Waals surface area contributed by atoms with Crippen LogP contribution in [0.4, 0.5) is 5.82 Å². The average Bonchev–Trinajstić information content (AvgIpc) is 3.12. The molecular weight excluding hydrogens is 278 g/mol. The number of hydrogen-bond acceptors (Lipinski definition) is 4. The highest BCUT2D eigenvalue weighted by Crippen LogP contribution is 2.40.